The highest BCUT2D eigenvalue weighted by Gasteiger charge is 2.36. The molecule has 0 bridgehead atoms. The lowest BCUT2D eigenvalue weighted by Gasteiger charge is -2.31. The van der Waals surface area contributed by atoms with Gasteiger partial charge in [0.15, 0.2) is 0 Å². The number of carbonyl (C=O) groups excluding carboxylic acids is 1. The molecule has 0 radical (unpaired) electrons. The van der Waals surface area contributed by atoms with E-state index < -0.39 is 0 Å². The molecule has 0 saturated heterocycles. The molecule has 2 amide bonds. The van der Waals surface area contributed by atoms with Crippen LogP contribution in [0.15, 0.2) is 72.9 Å². The molecule has 0 fully saturated rings. The number of aryl methyl sites for hydroxylation is 1. The van der Waals surface area contributed by atoms with Gasteiger partial charge in [-0.1, -0.05) is 37.3 Å². The third-order valence-corrected chi connectivity index (χ3v) is 6.92. The fourth-order valence-corrected chi connectivity index (χ4v) is 5.13. The summed E-state index contributed by atoms with van der Waals surface area (Å²) in [5.74, 6) is 1.72. The molecule has 0 unspecified atom stereocenters. The van der Waals surface area contributed by atoms with Gasteiger partial charge in [-0.05, 0) is 61.7 Å². The van der Waals surface area contributed by atoms with Crippen molar-refractivity contribution in [1.82, 2.24) is 24.6 Å². The van der Waals surface area contributed by atoms with Crippen LogP contribution >= 0.6 is 0 Å². The summed E-state index contributed by atoms with van der Waals surface area (Å²) in [6.45, 7) is 6.33. The van der Waals surface area contributed by atoms with Gasteiger partial charge in [0.25, 0.3) is 0 Å². The minimum atomic E-state index is -0.326. The average Bonchev–Trinajstić information content (AvgIpc) is 3.54. The van der Waals surface area contributed by atoms with Gasteiger partial charge in [-0.2, -0.15) is 5.10 Å². The highest BCUT2D eigenvalue weighted by Crippen LogP contribution is 2.39. The Morgan fingerprint density at radius 1 is 1.08 bits per heavy atom. The maximum Gasteiger partial charge on any atom is 0.318 e. The van der Waals surface area contributed by atoms with Gasteiger partial charge in [-0.25, -0.2) is 9.48 Å². The molecule has 2 aromatic carbocycles. The van der Waals surface area contributed by atoms with E-state index in [-0.39, 0.29) is 12.1 Å². The van der Waals surface area contributed by atoms with Crippen LogP contribution in [0.25, 0.3) is 11.5 Å². The van der Waals surface area contributed by atoms with Crippen molar-refractivity contribution in [3.05, 3.63) is 95.4 Å². The number of nitrogens with one attached hydrogen (secondary N) is 1. The Bertz CT molecular complexity index is 1380. The summed E-state index contributed by atoms with van der Waals surface area (Å²) in [4.78, 5) is 15.8. The van der Waals surface area contributed by atoms with Crippen LogP contribution in [0.3, 0.4) is 0 Å². The Labute approximate surface area is 223 Å². The Morgan fingerprint density at radius 3 is 2.68 bits per heavy atom. The van der Waals surface area contributed by atoms with Crippen LogP contribution < -0.4 is 10.1 Å². The average molecular weight is 514 g/mol. The molecule has 4 aromatic rings. The quantitative estimate of drug-likeness (QED) is 0.309. The molecule has 38 heavy (non-hydrogen) atoms. The number of hydrogen-bond acceptors (Lipinski definition) is 4. The Balaban J connectivity index is 1.64. The molecule has 0 spiro atoms. The second kappa shape index (κ2) is 11.6. The topological polar surface area (TPSA) is 73.5 Å². The van der Waals surface area contributed by atoms with E-state index in [4.69, 9.17) is 14.6 Å². The molecule has 2 aromatic heterocycles. The van der Waals surface area contributed by atoms with Gasteiger partial charge in [-0.3, -0.25) is 0 Å². The van der Waals surface area contributed by atoms with Crippen LogP contribution in [0.4, 0.5) is 4.79 Å². The number of hydrogen-bond donors (Lipinski definition) is 1. The number of rotatable bonds is 9. The zero-order chi connectivity index (χ0) is 26.5. The van der Waals surface area contributed by atoms with Gasteiger partial charge < -0.3 is 24.3 Å². The fourth-order valence-electron chi connectivity index (χ4n) is 5.13. The summed E-state index contributed by atoms with van der Waals surface area (Å²) in [6.07, 6.45) is 3.57. The van der Waals surface area contributed by atoms with E-state index in [1.54, 1.807) is 7.11 Å². The van der Waals surface area contributed by atoms with Crippen molar-refractivity contribution in [2.75, 3.05) is 26.9 Å². The minimum Gasteiger partial charge on any atom is -0.497 e. The van der Waals surface area contributed by atoms with E-state index in [0.29, 0.717) is 26.3 Å². The maximum atomic E-state index is 13.8. The molecule has 8 heteroatoms. The van der Waals surface area contributed by atoms with Crippen molar-refractivity contribution < 1.29 is 14.3 Å². The lowest BCUT2D eigenvalue weighted by atomic mass is 10.0. The second-order valence-electron chi connectivity index (χ2n) is 9.24. The summed E-state index contributed by atoms with van der Waals surface area (Å²) < 4.78 is 15.2. The van der Waals surface area contributed by atoms with Crippen LogP contribution in [0.1, 0.15) is 48.8 Å². The van der Waals surface area contributed by atoms with E-state index in [2.05, 4.69) is 47.3 Å². The van der Waals surface area contributed by atoms with Gasteiger partial charge in [0.2, 0.25) is 0 Å². The Morgan fingerprint density at radius 2 is 1.92 bits per heavy atom. The molecule has 1 N–H and O–H groups in total. The summed E-state index contributed by atoms with van der Waals surface area (Å²) in [7, 11) is 1.66. The van der Waals surface area contributed by atoms with Crippen molar-refractivity contribution >= 4 is 6.03 Å². The number of aromatic nitrogens is 3. The minimum absolute atomic E-state index is 0.121. The fraction of sp³-hybridized carbons (Fsp3) is 0.333. The van der Waals surface area contributed by atoms with Crippen molar-refractivity contribution in [3.63, 3.8) is 0 Å². The molecular formula is C30H35N5O3. The van der Waals surface area contributed by atoms with Crippen LogP contribution in [-0.4, -0.2) is 52.1 Å². The molecule has 0 aliphatic carbocycles. The first-order valence-electron chi connectivity index (χ1n) is 13.3. The molecule has 198 valence electrons. The standard InChI is InChI=1S/C30H35N5O3/c1-4-26-25-21-34(30(36)31-17-11-19-38-5-2)28(22-12-9-15-24(20-22)37-3)27-16-10-18-33(27)29(25)35(32-26)23-13-7-6-8-14-23/h6-10,12-16,18,20,28H,4-5,11,17,19,21H2,1-3H3,(H,31,36)/t28-/m0/s1. The molecule has 1 aliphatic rings. The first kappa shape index (κ1) is 25.6. The molecule has 5 rings (SSSR count). The summed E-state index contributed by atoms with van der Waals surface area (Å²) in [5.41, 5.74) is 4.97. The van der Waals surface area contributed by atoms with Gasteiger partial charge >= 0.3 is 6.03 Å². The number of fused-ring (bicyclic) bond motifs is 3. The zero-order valence-corrected chi connectivity index (χ0v) is 22.3. The Hall–Kier alpha value is -4.04. The number of ether oxygens (including phenoxy) is 2. The predicted octanol–water partition coefficient (Wildman–Crippen LogP) is 5.28. The molecular weight excluding hydrogens is 478 g/mol. The van der Waals surface area contributed by atoms with Crippen LogP contribution in [0, 0.1) is 0 Å². The summed E-state index contributed by atoms with van der Waals surface area (Å²) in [6, 6.07) is 21.8. The molecule has 3 heterocycles. The number of urea groups is 1. The predicted molar refractivity (Wildman–Crippen MR) is 147 cm³/mol. The number of nitrogens with zero attached hydrogens (tertiary/aromatic N) is 4. The van der Waals surface area contributed by atoms with Crippen molar-refractivity contribution in [3.8, 4) is 17.3 Å². The van der Waals surface area contributed by atoms with E-state index in [1.165, 1.54) is 0 Å². The van der Waals surface area contributed by atoms with Crippen molar-refractivity contribution in [2.45, 2.75) is 39.3 Å². The first-order valence-corrected chi connectivity index (χ1v) is 13.3. The number of amides is 2. The highest BCUT2D eigenvalue weighted by atomic mass is 16.5. The molecule has 8 nitrogen and oxygen atoms in total. The zero-order valence-electron chi connectivity index (χ0n) is 22.3. The van der Waals surface area contributed by atoms with Crippen molar-refractivity contribution in [2.24, 2.45) is 0 Å². The van der Waals surface area contributed by atoms with E-state index in [1.807, 2.05) is 59.0 Å². The largest absolute Gasteiger partial charge is 0.497 e. The number of methoxy groups -OCH3 is 1. The van der Waals surface area contributed by atoms with Gasteiger partial charge in [-0.15, -0.1) is 0 Å². The maximum absolute atomic E-state index is 13.8. The molecule has 0 saturated carbocycles. The van der Waals surface area contributed by atoms with E-state index in [9.17, 15) is 4.79 Å². The molecule has 1 aliphatic heterocycles. The first-order chi connectivity index (χ1) is 18.7. The normalized spacial score (nSPS) is 14.5. The third-order valence-electron chi connectivity index (χ3n) is 6.92. The lowest BCUT2D eigenvalue weighted by molar-refractivity contribution is 0.143. The van der Waals surface area contributed by atoms with Crippen LogP contribution in [-0.2, 0) is 17.7 Å². The molecule has 1 atom stereocenters. The van der Waals surface area contributed by atoms with Gasteiger partial charge in [0.1, 0.15) is 11.6 Å². The SMILES string of the molecule is CCOCCCNC(=O)N1Cc2c(CC)nn(-c3ccccc3)c2-n2cccc2[C@@H]1c1cccc(OC)c1. The van der Waals surface area contributed by atoms with Crippen LogP contribution in [0.2, 0.25) is 0 Å². The van der Waals surface area contributed by atoms with Crippen LogP contribution in [0.5, 0.6) is 5.75 Å². The number of carbonyl (C=O) groups is 1. The monoisotopic (exact) mass is 513 g/mol. The summed E-state index contributed by atoms with van der Waals surface area (Å²) >= 11 is 0. The van der Waals surface area contributed by atoms with E-state index >= 15 is 0 Å². The van der Waals surface area contributed by atoms with Gasteiger partial charge in [0.05, 0.1) is 36.8 Å². The van der Waals surface area contributed by atoms with Crippen molar-refractivity contribution in [1.29, 1.82) is 0 Å². The summed E-state index contributed by atoms with van der Waals surface area (Å²) in [5, 5.41) is 8.15. The number of benzene rings is 2. The van der Waals surface area contributed by atoms with E-state index in [0.717, 1.165) is 52.6 Å². The highest BCUT2D eigenvalue weighted by molar-refractivity contribution is 5.76. The van der Waals surface area contributed by atoms with Gasteiger partial charge in [0, 0.05) is 31.5 Å². The Kier molecular flexibility index (Phi) is 7.79. The second-order valence-corrected chi connectivity index (χ2v) is 9.24. The third kappa shape index (κ3) is 4.91. The number of para-hydroxylation sites is 1. The lowest BCUT2D eigenvalue weighted by Crippen LogP contribution is -2.42. The smallest absolute Gasteiger partial charge is 0.318 e.